The first kappa shape index (κ1) is 37.1. The molecule has 1 saturated heterocycles. The molecule has 6 aromatic rings. The molecule has 1 N–H and O–H groups in total. The molecule has 7 rings (SSSR count). The summed E-state index contributed by atoms with van der Waals surface area (Å²) in [5.74, 6) is -1.38. The minimum Gasteiger partial charge on any atom is -0.480 e. The van der Waals surface area contributed by atoms with E-state index >= 15 is 0 Å². The van der Waals surface area contributed by atoms with Crippen molar-refractivity contribution in [3.63, 3.8) is 0 Å². The van der Waals surface area contributed by atoms with E-state index < -0.39 is 24.0 Å². The Bertz CT molecular complexity index is 2480. The van der Waals surface area contributed by atoms with Gasteiger partial charge in [0, 0.05) is 55.4 Å². The second kappa shape index (κ2) is 15.6. The maximum Gasteiger partial charge on any atom is 0.345 e. The van der Waals surface area contributed by atoms with E-state index in [1.807, 2.05) is 37.3 Å². The summed E-state index contributed by atoms with van der Waals surface area (Å²) in [7, 11) is 1.62. The molecule has 272 valence electrons. The number of allylic oxidation sites excluding steroid dienone is 2. The van der Waals surface area contributed by atoms with Crippen LogP contribution >= 0.6 is 47.5 Å². The van der Waals surface area contributed by atoms with Gasteiger partial charge in [0.2, 0.25) is 0 Å². The summed E-state index contributed by atoms with van der Waals surface area (Å²) in [6.07, 6.45) is 5.85. The normalized spacial score (nSPS) is 15.1. The minimum absolute atomic E-state index is 0.0490. The van der Waals surface area contributed by atoms with Crippen LogP contribution in [0, 0.1) is 5.92 Å². The molecule has 0 aliphatic carbocycles. The van der Waals surface area contributed by atoms with Gasteiger partial charge in [0.25, 0.3) is 5.91 Å². The molecule has 3 aromatic heterocycles. The molecule has 4 heterocycles. The lowest BCUT2D eigenvalue weighted by Crippen LogP contribution is -2.35. The molecule has 2 unspecified atom stereocenters. The number of anilines is 3. The Balaban J connectivity index is 1.22. The Hall–Kier alpha value is -5.27. The first-order chi connectivity index (χ1) is 26.0. The zero-order valence-corrected chi connectivity index (χ0v) is 32.8. The molecule has 2 atom stereocenters. The molecular weight excluding hydrogens is 755 g/mol. The molecule has 3 aromatic carbocycles. The average Bonchev–Trinajstić information content (AvgIpc) is 3.92. The molecule has 1 aliphatic heterocycles. The number of thiocarbonyl (C=S) groups is 1. The quantitative estimate of drug-likeness (QED) is 0.0441. The topological polar surface area (TPSA) is 94.3 Å². The van der Waals surface area contributed by atoms with Gasteiger partial charge in [-0.1, -0.05) is 49.4 Å². The van der Waals surface area contributed by atoms with Gasteiger partial charge in [-0.05, 0) is 108 Å². The molecule has 1 fully saturated rings. The smallest absolute Gasteiger partial charge is 0.345 e. The van der Waals surface area contributed by atoms with Crippen molar-refractivity contribution in [3.05, 3.63) is 141 Å². The summed E-state index contributed by atoms with van der Waals surface area (Å²) in [5.41, 5.74) is 5.57. The van der Waals surface area contributed by atoms with Crippen LogP contribution in [0.1, 0.15) is 29.5 Å². The Morgan fingerprint density at radius 1 is 0.963 bits per heavy atom. The molecule has 0 bridgehead atoms. The second-order valence-corrected chi connectivity index (χ2v) is 15.8. The van der Waals surface area contributed by atoms with Crippen LogP contribution in [0.2, 0.25) is 0 Å². The maximum absolute atomic E-state index is 13.5. The molecular formula is C42H35N3O5S4. The van der Waals surface area contributed by atoms with Crippen molar-refractivity contribution in [1.29, 1.82) is 0 Å². The lowest BCUT2D eigenvalue weighted by molar-refractivity contribution is -0.140. The van der Waals surface area contributed by atoms with Crippen LogP contribution in [-0.4, -0.2) is 45.5 Å². The van der Waals surface area contributed by atoms with Crippen molar-refractivity contribution in [2.24, 2.45) is 5.92 Å². The molecule has 1 amide bonds. The van der Waals surface area contributed by atoms with Crippen molar-refractivity contribution in [3.8, 4) is 20.9 Å². The van der Waals surface area contributed by atoms with Gasteiger partial charge in [-0.25, -0.2) is 4.79 Å². The number of benzene rings is 3. The van der Waals surface area contributed by atoms with Gasteiger partial charge in [0.1, 0.15) is 17.8 Å². The molecule has 12 heteroatoms. The number of likely N-dealkylation sites (N-methyl/N-ethyl adjacent to an activating group) is 1. The Morgan fingerprint density at radius 2 is 1.67 bits per heavy atom. The Labute approximate surface area is 331 Å². The number of nitrogens with zero attached hydrogens (tertiary/aromatic N) is 3. The second-order valence-electron chi connectivity index (χ2n) is 12.8. The molecule has 54 heavy (non-hydrogen) atoms. The van der Waals surface area contributed by atoms with Crippen LogP contribution in [0.3, 0.4) is 0 Å². The van der Waals surface area contributed by atoms with Crippen molar-refractivity contribution in [2.45, 2.75) is 19.1 Å². The number of carboxylic acids is 1. The number of hydrogen-bond donors (Lipinski definition) is 2. The predicted molar refractivity (Wildman–Crippen MR) is 227 cm³/mol. The average molecular weight is 790 g/mol. The highest BCUT2D eigenvalue weighted by Gasteiger charge is 2.37. The lowest BCUT2D eigenvalue weighted by atomic mass is 9.99. The summed E-state index contributed by atoms with van der Waals surface area (Å²) in [5, 5.41) is 12.2. The summed E-state index contributed by atoms with van der Waals surface area (Å²) >= 11 is 13.2. The highest BCUT2D eigenvalue weighted by atomic mass is 32.1. The number of amides is 1. The third kappa shape index (κ3) is 7.42. The standard InChI is InChI=1S/C42H35N3O5S4/c1-4-6-25(2)39(51)27-10-15-30(16-11-27)45(29-13-8-26(9-14-29)36-7-5-20-53-36)31-17-12-28-21-33(41(49)50-35(28)22-31)37-19-18-32(54-37)23-34-40(48)44(24-38(46)47)42(52)43(34)3/h4-23,25,39,51H,24H2,1-3H3,(H,46,47)/b6-4-,34-23-. The molecule has 8 nitrogen and oxygen atoms in total. The number of rotatable bonds is 11. The highest BCUT2D eigenvalue weighted by Crippen LogP contribution is 2.40. The molecule has 0 saturated carbocycles. The Kier molecular flexibility index (Phi) is 10.7. The molecule has 0 radical (unpaired) electrons. The predicted octanol–water partition coefficient (Wildman–Crippen LogP) is 10.4. The van der Waals surface area contributed by atoms with Gasteiger partial charge in [0.05, 0.1) is 5.56 Å². The minimum atomic E-state index is -1.16. The summed E-state index contributed by atoms with van der Waals surface area (Å²) in [6.45, 7) is 3.65. The van der Waals surface area contributed by atoms with E-state index in [2.05, 4.69) is 84.0 Å². The highest BCUT2D eigenvalue weighted by molar-refractivity contribution is 7.80. The van der Waals surface area contributed by atoms with Crippen molar-refractivity contribution in [2.75, 3.05) is 18.5 Å². The first-order valence-corrected chi connectivity index (χ1v) is 19.7. The number of aliphatic carboxylic acids is 1. The van der Waals surface area contributed by atoms with Crippen LogP contribution in [0.4, 0.5) is 17.1 Å². The molecule has 0 spiro atoms. The third-order valence-electron chi connectivity index (χ3n) is 9.20. The summed E-state index contributed by atoms with van der Waals surface area (Å²) in [4.78, 5) is 45.0. The number of carboxylic acid groups (broad SMARTS) is 1. The number of carbonyl (C=O) groups is 2. The fourth-order valence-electron chi connectivity index (χ4n) is 6.40. The van der Waals surface area contributed by atoms with Crippen molar-refractivity contribution < 1.29 is 19.1 Å². The number of thiol groups is 1. The van der Waals surface area contributed by atoms with Gasteiger partial charge < -0.3 is 19.3 Å². The van der Waals surface area contributed by atoms with E-state index in [1.54, 1.807) is 36.6 Å². The monoisotopic (exact) mass is 789 g/mol. The maximum atomic E-state index is 13.5. The Morgan fingerprint density at radius 3 is 2.33 bits per heavy atom. The zero-order valence-electron chi connectivity index (χ0n) is 29.5. The number of carbonyl (C=O) groups excluding carboxylic acids is 1. The van der Waals surface area contributed by atoms with Crippen LogP contribution in [0.5, 0.6) is 0 Å². The van der Waals surface area contributed by atoms with Crippen molar-refractivity contribution >= 4 is 98.6 Å². The fraction of sp³-hybridized carbons (Fsp3) is 0.143. The van der Waals surface area contributed by atoms with Gasteiger partial charge >= 0.3 is 11.6 Å². The number of hydrogen-bond acceptors (Lipinski definition) is 9. The summed E-state index contributed by atoms with van der Waals surface area (Å²) in [6, 6.07) is 32.2. The first-order valence-electron chi connectivity index (χ1n) is 17.1. The van der Waals surface area contributed by atoms with Gasteiger partial charge in [-0.3, -0.25) is 14.5 Å². The fourth-order valence-corrected chi connectivity index (χ4v) is 8.60. The van der Waals surface area contributed by atoms with E-state index in [4.69, 9.17) is 29.3 Å². The largest absolute Gasteiger partial charge is 0.480 e. The van der Waals surface area contributed by atoms with Gasteiger partial charge in [0.15, 0.2) is 5.11 Å². The third-order valence-corrected chi connectivity index (χ3v) is 12.5. The van der Waals surface area contributed by atoms with Gasteiger partial charge in [-0.2, -0.15) is 12.6 Å². The van der Waals surface area contributed by atoms with E-state index in [1.165, 1.54) is 21.1 Å². The van der Waals surface area contributed by atoms with Gasteiger partial charge in [-0.15, -0.1) is 22.7 Å². The SMILES string of the molecule is C/C=C\C(C)C(S)c1ccc(N(c2ccc(-c3cccs3)cc2)c2ccc3cc(-c4ccc(/C=C5/C(=O)N(CC(=O)O)C(=S)N5C)s4)c(=O)oc3c2)cc1. The van der Waals surface area contributed by atoms with E-state index in [0.29, 0.717) is 20.9 Å². The summed E-state index contributed by atoms with van der Waals surface area (Å²) < 4.78 is 5.97. The lowest BCUT2D eigenvalue weighted by Gasteiger charge is -2.26. The van der Waals surface area contributed by atoms with E-state index in [9.17, 15) is 19.5 Å². The van der Waals surface area contributed by atoms with Crippen molar-refractivity contribution in [1.82, 2.24) is 9.80 Å². The molecule has 1 aliphatic rings. The zero-order chi connectivity index (χ0) is 38.1. The van der Waals surface area contributed by atoms with E-state index in [-0.39, 0.29) is 22.0 Å². The van der Waals surface area contributed by atoms with Crippen LogP contribution < -0.4 is 10.5 Å². The van der Waals surface area contributed by atoms with Crippen LogP contribution in [0.15, 0.2) is 130 Å². The van der Waals surface area contributed by atoms with Crippen LogP contribution in [-0.2, 0) is 9.59 Å². The van der Waals surface area contributed by atoms with Crippen LogP contribution in [0.25, 0.3) is 37.9 Å². The number of fused-ring (bicyclic) bond motifs is 1. The van der Waals surface area contributed by atoms with E-state index in [0.717, 1.165) is 38.5 Å². The number of thiophene rings is 2.